The van der Waals surface area contributed by atoms with Gasteiger partial charge < -0.3 is 15.5 Å². The lowest BCUT2D eigenvalue weighted by Gasteiger charge is -2.36. The Morgan fingerprint density at radius 1 is 1.12 bits per heavy atom. The Labute approximate surface area is 168 Å². The summed E-state index contributed by atoms with van der Waals surface area (Å²) in [5, 5.41) is 7.33. The molecule has 0 radical (unpaired) electrons. The second-order valence-electron chi connectivity index (χ2n) is 7.35. The molecule has 1 aliphatic heterocycles. The van der Waals surface area contributed by atoms with Crippen LogP contribution in [0.4, 0.5) is 0 Å². The Morgan fingerprint density at radius 3 is 2.42 bits per heavy atom. The molecule has 1 aromatic rings. The number of benzene rings is 1. The van der Waals surface area contributed by atoms with Crippen LogP contribution in [0.25, 0.3) is 0 Å². The van der Waals surface area contributed by atoms with E-state index in [0.29, 0.717) is 0 Å². The SMILES string of the molecule is Cl.O=C(NCCCN1CCNCC1)C1(c2ccc(Cl)cc2)CCCCC1. The van der Waals surface area contributed by atoms with Crippen LogP contribution in [0.3, 0.4) is 0 Å². The molecule has 1 heterocycles. The van der Waals surface area contributed by atoms with Crippen molar-refractivity contribution in [3.63, 3.8) is 0 Å². The fraction of sp³-hybridized carbons (Fsp3) is 0.650. The molecule has 1 aliphatic carbocycles. The van der Waals surface area contributed by atoms with Gasteiger partial charge in [0.1, 0.15) is 0 Å². The van der Waals surface area contributed by atoms with Crippen molar-refractivity contribution in [2.45, 2.75) is 43.9 Å². The molecule has 26 heavy (non-hydrogen) atoms. The van der Waals surface area contributed by atoms with Gasteiger partial charge in [-0.2, -0.15) is 0 Å². The van der Waals surface area contributed by atoms with E-state index in [-0.39, 0.29) is 23.7 Å². The highest BCUT2D eigenvalue weighted by Crippen LogP contribution is 2.40. The minimum atomic E-state index is -0.363. The Balaban J connectivity index is 0.00000243. The lowest BCUT2D eigenvalue weighted by Crippen LogP contribution is -2.47. The highest BCUT2D eigenvalue weighted by molar-refractivity contribution is 6.30. The van der Waals surface area contributed by atoms with Crippen LogP contribution in [0.5, 0.6) is 0 Å². The Morgan fingerprint density at radius 2 is 1.77 bits per heavy atom. The first-order valence-electron chi connectivity index (χ1n) is 9.68. The number of rotatable bonds is 6. The smallest absolute Gasteiger partial charge is 0.230 e. The normalized spacial score (nSPS) is 20.2. The maximum absolute atomic E-state index is 13.1. The third kappa shape index (κ3) is 5.35. The molecule has 0 unspecified atom stereocenters. The van der Waals surface area contributed by atoms with E-state index in [4.69, 9.17) is 11.6 Å². The molecule has 0 bridgehead atoms. The Hall–Kier alpha value is -0.810. The van der Waals surface area contributed by atoms with Crippen LogP contribution in [0.1, 0.15) is 44.1 Å². The van der Waals surface area contributed by atoms with E-state index in [9.17, 15) is 4.79 Å². The van der Waals surface area contributed by atoms with E-state index >= 15 is 0 Å². The predicted molar refractivity (Wildman–Crippen MR) is 110 cm³/mol. The van der Waals surface area contributed by atoms with Crippen LogP contribution in [-0.4, -0.2) is 50.1 Å². The summed E-state index contributed by atoms with van der Waals surface area (Å²) < 4.78 is 0. The summed E-state index contributed by atoms with van der Waals surface area (Å²) in [6.07, 6.45) is 6.37. The molecule has 2 N–H and O–H groups in total. The second-order valence-corrected chi connectivity index (χ2v) is 7.79. The number of hydrogen-bond donors (Lipinski definition) is 2. The molecule has 0 atom stereocenters. The van der Waals surface area contributed by atoms with E-state index in [1.807, 2.05) is 24.3 Å². The summed E-state index contributed by atoms with van der Waals surface area (Å²) in [7, 11) is 0. The third-order valence-corrected chi connectivity index (χ3v) is 5.94. The van der Waals surface area contributed by atoms with Gasteiger partial charge in [0.2, 0.25) is 5.91 Å². The van der Waals surface area contributed by atoms with Crippen LogP contribution in [0.2, 0.25) is 5.02 Å². The van der Waals surface area contributed by atoms with Crippen LogP contribution >= 0.6 is 24.0 Å². The molecular formula is C20H31Cl2N3O. The van der Waals surface area contributed by atoms with Crippen molar-refractivity contribution in [2.75, 3.05) is 39.3 Å². The highest BCUT2D eigenvalue weighted by atomic mass is 35.5. The Bertz CT molecular complexity index is 553. The summed E-state index contributed by atoms with van der Waals surface area (Å²) >= 11 is 6.04. The van der Waals surface area contributed by atoms with Crippen molar-refractivity contribution in [1.29, 1.82) is 0 Å². The van der Waals surface area contributed by atoms with Gasteiger partial charge in [0.05, 0.1) is 5.41 Å². The molecule has 0 spiro atoms. The minimum Gasteiger partial charge on any atom is -0.355 e. The lowest BCUT2D eigenvalue weighted by molar-refractivity contribution is -0.128. The van der Waals surface area contributed by atoms with Gasteiger partial charge in [0, 0.05) is 37.7 Å². The first-order valence-corrected chi connectivity index (χ1v) is 10.1. The second kappa shape index (κ2) is 10.5. The van der Waals surface area contributed by atoms with Crippen molar-refractivity contribution in [3.8, 4) is 0 Å². The highest BCUT2D eigenvalue weighted by Gasteiger charge is 2.40. The van der Waals surface area contributed by atoms with E-state index in [1.54, 1.807) is 0 Å². The van der Waals surface area contributed by atoms with Gasteiger partial charge in [-0.1, -0.05) is 43.0 Å². The largest absolute Gasteiger partial charge is 0.355 e. The number of carbonyl (C=O) groups excluding carboxylic acids is 1. The summed E-state index contributed by atoms with van der Waals surface area (Å²) in [5.41, 5.74) is 0.758. The predicted octanol–water partition coefficient (Wildman–Crippen LogP) is 3.38. The van der Waals surface area contributed by atoms with Gasteiger partial charge in [-0.15, -0.1) is 12.4 Å². The average molecular weight is 400 g/mol. The van der Waals surface area contributed by atoms with Gasteiger partial charge in [-0.05, 0) is 43.5 Å². The third-order valence-electron chi connectivity index (χ3n) is 5.68. The number of carbonyl (C=O) groups is 1. The number of amides is 1. The van der Waals surface area contributed by atoms with Gasteiger partial charge in [0.15, 0.2) is 0 Å². The average Bonchev–Trinajstić information content (AvgIpc) is 2.67. The van der Waals surface area contributed by atoms with Gasteiger partial charge in [0.25, 0.3) is 0 Å². The zero-order chi connectivity index (χ0) is 17.5. The molecule has 2 aliphatic rings. The molecule has 1 saturated carbocycles. The van der Waals surface area contributed by atoms with E-state index < -0.39 is 0 Å². The van der Waals surface area contributed by atoms with Crippen molar-refractivity contribution in [3.05, 3.63) is 34.9 Å². The lowest BCUT2D eigenvalue weighted by atomic mass is 9.68. The number of nitrogens with one attached hydrogen (secondary N) is 2. The molecule has 4 nitrogen and oxygen atoms in total. The van der Waals surface area contributed by atoms with E-state index in [1.165, 1.54) is 6.42 Å². The summed E-state index contributed by atoms with van der Waals surface area (Å²) in [5.74, 6) is 0.204. The molecule has 1 saturated heterocycles. The zero-order valence-corrected chi connectivity index (χ0v) is 17.0. The summed E-state index contributed by atoms with van der Waals surface area (Å²) in [6.45, 7) is 6.21. The van der Waals surface area contributed by atoms with Gasteiger partial charge in [-0.3, -0.25) is 4.79 Å². The standard InChI is InChI=1S/C20H30ClN3O.ClH/c21-18-7-5-17(6-8-18)20(9-2-1-3-10-20)19(25)23-11-4-14-24-15-12-22-13-16-24;/h5-8,22H,1-4,9-16H2,(H,23,25);1H. The summed E-state index contributed by atoms with van der Waals surface area (Å²) in [6, 6.07) is 7.89. The summed E-state index contributed by atoms with van der Waals surface area (Å²) in [4.78, 5) is 15.6. The van der Waals surface area contributed by atoms with Crippen molar-refractivity contribution in [2.24, 2.45) is 0 Å². The van der Waals surface area contributed by atoms with Crippen LogP contribution in [0, 0.1) is 0 Å². The molecule has 2 fully saturated rings. The van der Waals surface area contributed by atoms with Crippen molar-refractivity contribution < 1.29 is 4.79 Å². The van der Waals surface area contributed by atoms with Crippen molar-refractivity contribution >= 4 is 29.9 Å². The van der Waals surface area contributed by atoms with Crippen molar-refractivity contribution in [1.82, 2.24) is 15.5 Å². The fourth-order valence-corrected chi connectivity index (χ4v) is 4.31. The van der Waals surface area contributed by atoms with E-state index in [2.05, 4.69) is 15.5 Å². The number of nitrogens with zero attached hydrogens (tertiary/aromatic N) is 1. The first kappa shape index (κ1) is 21.5. The molecular weight excluding hydrogens is 369 g/mol. The Kier molecular flexibility index (Phi) is 8.68. The monoisotopic (exact) mass is 399 g/mol. The molecule has 1 aromatic carbocycles. The molecule has 0 aromatic heterocycles. The quantitative estimate of drug-likeness (QED) is 0.720. The molecule has 1 amide bonds. The zero-order valence-electron chi connectivity index (χ0n) is 15.4. The molecule has 146 valence electrons. The number of halogens is 2. The van der Waals surface area contributed by atoms with Crippen LogP contribution in [-0.2, 0) is 10.2 Å². The van der Waals surface area contributed by atoms with Crippen LogP contribution in [0.15, 0.2) is 24.3 Å². The molecule has 3 rings (SSSR count). The van der Waals surface area contributed by atoms with Gasteiger partial charge >= 0.3 is 0 Å². The number of hydrogen-bond acceptors (Lipinski definition) is 3. The fourth-order valence-electron chi connectivity index (χ4n) is 4.18. The first-order chi connectivity index (χ1) is 12.2. The number of piperazine rings is 1. The molecule has 6 heteroatoms. The van der Waals surface area contributed by atoms with E-state index in [0.717, 1.165) is 82.0 Å². The topological polar surface area (TPSA) is 44.4 Å². The van der Waals surface area contributed by atoms with Gasteiger partial charge in [-0.25, -0.2) is 0 Å². The van der Waals surface area contributed by atoms with Crippen LogP contribution < -0.4 is 10.6 Å². The minimum absolute atomic E-state index is 0. The maximum Gasteiger partial charge on any atom is 0.230 e. The maximum atomic E-state index is 13.1.